The number of fused-ring (bicyclic) bond motifs is 3. The van der Waals surface area contributed by atoms with Crippen LogP contribution in [0.1, 0.15) is 31.0 Å². The number of amides is 1. The van der Waals surface area contributed by atoms with E-state index in [0.717, 1.165) is 22.2 Å². The molecule has 1 aliphatic heterocycles. The van der Waals surface area contributed by atoms with Gasteiger partial charge in [0.25, 0.3) is 0 Å². The number of halogens is 3. The fraction of sp³-hybridized carbons (Fsp3) is 0.167. The Kier molecular flexibility index (Phi) is 7.15. The first kappa shape index (κ1) is 27.5. The number of amidine groups is 1. The number of nitrogens with zero attached hydrogens (tertiary/aromatic N) is 6. The van der Waals surface area contributed by atoms with Crippen LogP contribution < -0.4 is 9.64 Å². The highest BCUT2D eigenvalue weighted by atomic mass is 32.2. The summed E-state index contributed by atoms with van der Waals surface area (Å²) in [6, 6.07) is 20.8. The molecule has 0 radical (unpaired) electrons. The lowest BCUT2D eigenvalue weighted by atomic mass is 10.0. The van der Waals surface area contributed by atoms with Gasteiger partial charge in [0.2, 0.25) is 5.91 Å². The van der Waals surface area contributed by atoms with Crippen LogP contribution in [0, 0.1) is 0 Å². The number of rotatable bonds is 6. The zero-order chi connectivity index (χ0) is 29.4. The van der Waals surface area contributed by atoms with Crippen molar-refractivity contribution in [3.8, 4) is 11.4 Å². The van der Waals surface area contributed by atoms with Gasteiger partial charge in [-0.3, -0.25) is 14.3 Å². The number of carbonyl (C=O) groups excluding carboxylic acids is 1. The van der Waals surface area contributed by atoms with Crippen LogP contribution in [0.5, 0.6) is 5.75 Å². The van der Waals surface area contributed by atoms with Gasteiger partial charge in [0, 0.05) is 11.1 Å². The summed E-state index contributed by atoms with van der Waals surface area (Å²) in [5, 5.41) is 9.90. The summed E-state index contributed by atoms with van der Waals surface area (Å²) < 4.78 is 43.2. The average Bonchev–Trinajstić information content (AvgIpc) is 3.56. The molecule has 1 amide bonds. The minimum Gasteiger partial charge on any atom is -0.406 e. The van der Waals surface area contributed by atoms with Crippen molar-refractivity contribution in [1.82, 2.24) is 14.5 Å². The highest BCUT2D eigenvalue weighted by molar-refractivity contribution is 8.15. The van der Waals surface area contributed by atoms with E-state index in [4.69, 9.17) is 0 Å². The number of para-hydroxylation sites is 1. The quantitative estimate of drug-likeness (QED) is 0.157. The predicted molar refractivity (Wildman–Crippen MR) is 159 cm³/mol. The molecule has 0 saturated carbocycles. The van der Waals surface area contributed by atoms with Gasteiger partial charge in [-0.15, -0.1) is 18.3 Å². The molecule has 2 aromatic heterocycles. The molecular formula is C30H23F3N6O2S. The van der Waals surface area contributed by atoms with E-state index in [1.165, 1.54) is 42.2 Å². The van der Waals surface area contributed by atoms with Crippen LogP contribution in [-0.2, 0) is 4.79 Å². The average molecular weight is 589 g/mol. The summed E-state index contributed by atoms with van der Waals surface area (Å²) in [7, 11) is 0. The summed E-state index contributed by atoms with van der Waals surface area (Å²) >= 11 is 1.34. The van der Waals surface area contributed by atoms with E-state index in [1.54, 1.807) is 21.9 Å². The van der Waals surface area contributed by atoms with Crippen molar-refractivity contribution >= 4 is 56.7 Å². The highest BCUT2D eigenvalue weighted by Crippen LogP contribution is 2.33. The van der Waals surface area contributed by atoms with Gasteiger partial charge in [0.05, 0.1) is 39.9 Å². The van der Waals surface area contributed by atoms with Gasteiger partial charge in [-0.1, -0.05) is 43.8 Å². The summed E-state index contributed by atoms with van der Waals surface area (Å²) in [5.74, 6) is 0.196. The SMILES string of the molecule is CC(C)c1ccccc1N1C(=O)CS/C1=N\N=C\c1ccc2c(ccc3c2ncn3-c2ccc(OC(F)(F)F)cc2)n1. The fourth-order valence-electron chi connectivity index (χ4n) is 4.78. The van der Waals surface area contributed by atoms with Crippen molar-refractivity contribution in [2.24, 2.45) is 10.2 Å². The standard InChI is InChI=1S/C30H23F3N6O2S/c1-18(2)22-5-3-4-6-25(22)39-27(40)16-42-29(39)37-35-15-19-7-12-23-24(36-19)13-14-26-28(23)34-17-38(26)20-8-10-21(11-9-20)41-30(31,32)33/h3-15,17-18H,16H2,1-2H3/b35-15+,37-29-. The van der Waals surface area contributed by atoms with Crippen molar-refractivity contribution in [3.05, 3.63) is 90.4 Å². The molecule has 0 bridgehead atoms. The monoisotopic (exact) mass is 588 g/mol. The largest absolute Gasteiger partial charge is 0.573 e. The maximum absolute atomic E-state index is 12.7. The molecule has 0 aliphatic carbocycles. The number of aromatic nitrogens is 3. The van der Waals surface area contributed by atoms with Gasteiger partial charge in [-0.2, -0.15) is 5.10 Å². The van der Waals surface area contributed by atoms with Gasteiger partial charge in [-0.05, 0) is 66.1 Å². The molecule has 42 heavy (non-hydrogen) atoms. The molecule has 1 fully saturated rings. The minimum absolute atomic E-state index is 0.0417. The lowest BCUT2D eigenvalue weighted by molar-refractivity contribution is -0.274. The van der Waals surface area contributed by atoms with Crippen LogP contribution in [0.15, 0.2) is 89.3 Å². The van der Waals surface area contributed by atoms with Gasteiger partial charge in [0.15, 0.2) is 5.17 Å². The first-order chi connectivity index (χ1) is 20.2. The fourth-order valence-corrected chi connectivity index (χ4v) is 5.59. The number of pyridine rings is 1. The van der Waals surface area contributed by atoms with Crippen LogP contribution in [0.2, 0.25) is 0 Å². The molecule has 6 rings (SSSR count). The molecule has 212 valence electrons. The van der Waals surface area contributed by atoms with E-state index in [2.05, 4.69) is 38.8 Å². The van der Waals surface area contributed by atoms with Gasteiger partial charge < -0.3 is 4.74 Å². The lowest BCUT2D eigenvalue weighted by Crippen LogP contribution is -2.30. The topological polar surface area (TPSA) is 85.0 Å². The Morgan fingerprint density at radius 2 is 1.81 bits per heavy atom. The molecule has 1 aliphatic rings. The van der Waals surface area contributed by atoms with Gasteiger partial charge in [0.1, 0.15) is 12.1 Å². The molecule has 3 heterocycles. The Bertz CT molecular complexity index is 1870. The summed E-state index contributed by atoms with van der Waals surface area (Å²) in [6.07, 6.45) is -1.60. The Labute approximate surface area is 242 Å². The zero-order valence-corrected chi connectivity index (χ0v) is 23.2. The van der Waals surface area contributed by atoms with E-state index in [1.807, 2.05) is 42.5 Å². The maximum Gasteiger partial charge on any atom is 0.573 e. The molecule has 8 nitrogen and oxygen atoms in total. The van der Waals surface area contributed by atoms with E-state index < -0.39 is 6.36 Å². The zero-order valence-electron chi connectivity index (χ0n) is 22.4. The van der Waals surface area contributed by atoms with Crippen LogP contribution in [0.4, 0.5) is 18.9 Å². The molecule has 3 aromatic carbocycles. The molecule has 0 N–H and O–H groups in total. The number of hydrogen-bond donors (Lipinski definition) is 0. The lowest BCUT2D eigenvalue weighted by Gasteiger charge is -2.20. The van der Waals surface area contributed by atoms with E-state index >= 15 is 0 Å². The van der Waals surface area contributed by atoms with Crippen molar-refractivity contribution < 1.29 is 22.7 Å². The van der Waals surface area contributed by atoms with Crippen molar-refractivity contribution in [1.29, 1.82) is 0 Å². The van der Waals surface area contributed by atoms with Crippen LogP contribution in [0.3, 0.4) is 0 Å². The molecular weight excluding hydrogens is 565 g/mol. The molecule has 5 aromatic rings. The Balaban J connectivity index is 1.25. The Morgan fingerprint density at radius 1 is 1.02 bits per heavy atom. The summed E-state index contributed by atoms with van der Waals surface area (Å²) in [5.41, 5.74) is 5.24. The first-order valence-corrected chi connectivity index (χ1v) is 14.0. The molecule has 0 unspecified atom stereocenters. The third-order valence-corrected chi connectivity index (χ3v) is 7.57. The molecule has 0 spiro atoms. The summed E-state index contributed by atoms with van der Waals surface area (Å²) in [4.78, 5) is 23.5. The van der Waals surface area contributed by atoms with Crippen LogP contribution >= 0.6 is 11.8 Å². The maximum atomic E-state index is 12.7. The third kappa shape index (κ3) is 5.45. The highest BCUT2D eigenvalue weighted by Gasteiger charge is 2.32. The Morgan fingerprint density at radius 3 is 2.57 bits per heavy atom. The molecule has 0 atom stereocenters. The smallest absolute Gasteiger partial charge is 0.406 e. The number of imidazole rings is 1. The number of thioether (sulfide) groups is 1. The number of hydrogen-bond acceptors (Lipinski definition) is 7. The number of anilines is 1. The van der Waals surface area contributed by atoms with Crippen molar-refractivity contribution in [2.75, 3.05) is 10.7 Å². The molecule has 12 heteroatoms. The van der Waals surface area contributed by atoms with E-state index in [-0.39, 0.29) is 17.6 Å². The van der Waals surface area contributed by atoms with Crippen molar-refractivity contribution in [3.63, 3.8) is 0 Å². The second-order valence-electron chi connectivity index (χ2n) is 9.75. The van der Waals surface area contributed by atoms with E-state index in [9.17, 15) is 18.0 Å². The van der Waals surface area contributed by atoms with Gasteiger partial charge >= 0.3 is 6.36 Å². The first-order valence-electron chi connectivity index (χ1n) is 13.0. The number of benzene rings is 3. The number of alkyl halides is 3. The summed E-state index contributed by atoms with van der Waals surface area (Å²) in [6.45, 7) is 4.17. The second-order valence-corrected chi connectivity index (χ2v) is 10.7. The normalized spacial score (nSPS) is 15.2. The van der Waals surface area contributed by atoms with E-state index in [0.29, 0.717) is 33.3 Å². The minimum atomic E-state index is -4.75. The van der Waals surface area contributed by atoms with Crippen LogP contribution in [-0.4, -0.2) is 43.9 Å². The predicted octanol–water partition coefficient (Wildman–Crippen LogP) is 7.07. The number of carbonyl (C=O) groups is 1. The Hall–Kier alpha value is -4.71. The second kappa shape index (κ2) is 10.9. The van der Waals surface area contributed by atoms with Gasteiger partial charge in [-0.25, -0.2) is 9.97 Å². The number of ether oxygens (including phenoxy) is 1. The third-order valence-electron chi connectivity index (χ3n) is 6.65. The van der Waals surface area contributed by atoms with Crippen molar-refractivity contribution in [2.45, 2.75) is 26.1 Å². The van der Waals surface area contributed by atoms with Crippen LogP contribution in [0.25, 0.3) is 27.6 Å². The molecule has 1 saturated heterocycles.